The van der Waals surface area contributed by atoms with Gasteiger partial charge in [0, 0.05) is 29.4 Å². The summed E-state index contributed by atoms with van der Waals surface area (Å²) in [5.41, 5.74) is 4.18. The maximum Gasteiger partial charge on any atom is 0.0991 e. The number of hydrogen-bond acceptors (Lipinski definition) is 4. The van der Waals surface area contributed by atoms with Crippen molar-refractivity contribution in [2.75, 3.05) is 0 Å². The van der Waals surface area contributed by atoms with E-state index >= 15 is 0 Å². The molecule has 0 atom stereocenters. The Labute approximate surface area is 119 Å². The molecule has 0 amide bonds. The fourth-order valence-electron chi connectivity index (χ4n) is 2.46. The molecule has 4 aromatic rings. The monoisotopic (exact) mass is 280 g/mol. The Kier molecular flexibility index (Phi) is 2.50. The van der Waals surface area contributed by atoms with Crippen LogP contribution in [0.15, 0.2) is 42.9 Å². The molecule has 4 nitrogen and oxygen atoms in total. The highest BCUT2D eigenvalue weighted by Crippen LogP contribution is 2.30. The molecule has 0 spiro atoms. The number of benzene rings is 1. The number of hydrogen-bond donors (Lipinski definition) is 0. The highest BCUT2D eigenvalue weighted by Gasteiger charge is 2.12. The summed E-state index contributed by atoms with van der Waals surface area (Å²) in [7, 11) is 0. The summed E-state index contributed by atoms with van der Waals surface area (Å²) in [5.74, 6) is 0.378. The highest BCUT2D eigenvalue weighted by atomic mass is 35.5. The van der Waals surface area contributed by atoms with E-state index in [1.807, 2.05) is 24.3 Å². The Morgan fingerprint density at radius 1 is 0.750 bits per heavy atom. The molecule has 0 N–H and O–H groups in total. The lowest BCUT2D eigenvalue weighted by Crippen LogP contribution is -1.93. The maximum absolute atomic E-state index is 5.89. The molecule has 5 heteroatoms. The van der Waals surface area contributed by atoms with Gasteiger partial charge in [-0.25, -0.2) is 4.98 Å². The Bertz CT molecular complexity index is 917. The van der Waals surface area contributed by atoms with Crippen molar-refractivity contribution in [3.8, 4) is 0 Å². The van der Waals surface area contributed by atoms with Crippen LogP contribution in [0.1, 0.15) is 5.69 Å². The first-order valence-corrected chi connectivity index (χ1v) is 6.75. The standard InChI is InChI=1S/C15H9ClN4/c16-8-9-3-4-11-13-12(18-6-7-19-13)10-2-1-5-17-14(10)15(11)20-9/h1-7H,8H2. The molecule has 0 radical (unpaired) electrons. The van der Waals surface area contributed by atoms with Crippen LogP contribution >= 0.6 is 11.6 Å². The Morgan fingerprint density at radius 2 is 1.40 bits per heavy atom. The second kappa shape index (κ2) is 4.35. The molecule has 3 aromatic heterocycles. The van der Waals surface area contributed by atoms with E-state index in [1.165, 1.54) is 0 Å². The average molecular weight is 281 g/mol. The largest absolute Gasteiger partial charge is 0.254 e. The molecule has 0 fully saturated rings. The minimum atomic E-state index is 0.378. The number of halogens is 1. The van der Waals surface area contributed by atoms with Gasteiger partial charge in [0.15, 0.2) is 0 Å². The van der Waals surface area contributed by atoms with Gasteiger partial charge in [-0.1, -0.05) is 0 Å². The fraction of sp³-hybridized carbons (Fsp3) is 0.0667. The van der Waals surface area contributed by atoms with Gasteiger partial charge in [-0.2, -0.15) is 0 Å². The molecule has 0 aliphatic rings. The summed E-state index contributed by atoms with van der Waals surface area (Å²) in [5, 5.41) is 1.91. The van der Waals surface area contributed by atoms with Crippen LogP contribution < -0.4 is 0 Å². The maximum atomic E-state index is 5.89. The van der Waals surface area contributed by atoms with Gasteiger partial charge in [-0.15, -0.1) is 11.6 Å². The zero-order valence-corrected chi connectivity index (χ0v) is 11.2. The fourth-order valence-corrected chi connectivity index (χ4v) is 2.61. The summed E-state index contributed by atoms with van der Waals surface area (Å²) < 4.78 is 0. The summed E-state index contributed by atoms with van der Waals surface area (Å²) in [6, 6.07) is 7.80. The number of rotatable bonds is 1. The number of nitrogens with zero attached hydrogens (tertiary/aromatic N) is 4. The van der Waals surface area contributed by atoms with Crippen molar-refractivity contribution in [1.29, 1.82) is 0 Å². The molecular formula is C15H9ClN4. The van der Waals surface area contributed by atoms with Crippen LogP contribution in [0.25, 0.3) is 32.8 Å². The van der Waals surface area contributed by atoms with Crippen LogP contribution in [0, 0.1) is 0 Å². The lowest BCUT2D eigenvalue weighted by molar-refractivity contribution is 1.21. The third-order valence-corrected chi connectivity index (χ3v) is 3.60. The van der Waals surface area contributed by atoms with Crippen LogP contribution in [-0.2, 0) is 5.88 Å². The van der Waals surface area contributed by atoms with Gasteiger partial charge in [-0.3, -0.25) is 15.0 Å². The van der Waals surface area contributed by atoms with E-state index in [9.17, 15) is 0 Å². The van der Waals surface area contributed by atoms with E-state index in [0.717, 1.165) is 38.5 Å². The number of fused-ring (bicyclic) bond motifs is 6. The zero-order chi connectivity index (χ0) is 13.5. The SMILES string of the molecule is ClCc1ccc2c3nccnc3c3cccnc3c2n1. The first kappa shape index (κ1) is 11.5. The summed E-state index contributed by atoms with van der Waals surface area (Å²) in [6.07, 6.45) is 5.15. The molecule has 96 valence electrons. The first-order chi connectivity index (χ1) is 9.88. The van der Waals surface area contributed by atoms with Crippen LogP contribution in [0.3, 0.4) is 0 Å². The summed E-state index contributed by atoms with van der Waals surface area (Å²) in [6.45, 7) is 0. The average Bonchev–Trinajstić information content (AvgIpc) is 2.54. The molecule has 4 rings (SSSR count). The molecule has 20 heavy (non-hydrogen) atoms. The highest BCUT2D eigenvalue weighted by molar-refractivity contribution is 6.20. The van der Waals surface area contributed by atoms with E-state index in [2.05, 4.69) is 19.9 Å². The van der Waals surface area contributed by atoms with E-state index in [4.69, 9.17) is 11.6 Å². The van der Waals surface area contributed by atoms with Crippen molar-refractivity contribution in [2.45, 2.75) is 5.88 Å². The van der Waals surface area contributed by atoms with Crippen LogP contribution in [0.5, 0.6) is 0 Å². The molecule has 0 saturated carbocycles. The summed E-state index contributed by atoms with van der Waals surface area (Å²) >= 11 is 5.89. The molecular weight excluding hydrogens is 272 g/mol. The Balaban J connectivity index is 2.35. The third-order valence-electron chi connectivity index (χ3n) is 3.33. The predicted molar refractivity (Wildman–Crippen MR) is 79.7 cm³/mol. The molecule has 0 saturated heterocycles. The Hall–Kier alpha value is -2.33. The Morgan fingerprint density at radius 3 is 2.15 bits per heavy atom. The van der Waals surface area contributed by atoms with E-state index in [1.54, 1.807) is 18.6 Å². The van der Waals surface area contributed by atoms with Gasteiger partial charge in [0.2, 0.25) is 0 Å². The number of aromatic nitrogens is 4. The van der Waals surface area contributed by atoms with Crippen molar-refractivity contribution in [3.05, 3.63) is 48.5 Å². The second-order valence-corrected chi connectivity index (χ2v) is 4.75. The van der Waals surface area contributed by atoms with E-state index in [-0.39, 0.29) is 0 Å². The lowest BCUT2D eigenvalue weighted by Gasteiger charge is -2.07. The number of pyridine rings is 2. The van der Waals surface area contributed by atoms with Crippen molar-refractivity contribution >= 4 is 44.4 Å². The molecule has 0 unspecified atom stereocenters. The van der Waals surface area contributed by atoms with Crippen LogP contribution in [-0.4, -0.2) is 19.9 Å². The van der Waals surface area contributed by atoms with Crippen molar-refractivity contribution in [2.24, 2.45) is 0 Å². The second-order valence-electron chi connectivity index (χ2n) is 4.49. The van der Waals surface area contributed by atoms with Gasteiger partial charge < -0.3 is 0 Å². The quantitative estimate of drug-likeness (QED) is 0.396. The van der Waals surface area contributed by atoms with Gasteiger partial charge in [0.05, 0.1) is 33.6 Å². The van der Waals surface area contributed by atoms with Gasteiger partial charge in [0.25, 0.3) is 0 Å². The minimum absolute atomic E-state index is 0.378. The molecule has 3 heterocycles. The van der Waals surface area contributed by atoms with E-state index < -0.39 is 0 Å². The smallest absolute Gasteiger partial charge is 0.0991 e. The zero-order valence-electron chi connectivity index (χ0n) is 10.4. The molecule has 1 aromatic carbocycles. The third kappa shape index (κ3) is 1.55. The topological polar surface area (TPSA) is 51.6 Å². The molecule has 0 aliphatic carbocycles. The normalized spacial score (nSPS) is 11.4. The minimum Gasteiger partial charge on any atom is -0.254 e. The number of alkyl halides is 1. The van der Waals surface area contributed by atoms with Gasteiger partial charge in [0.1, 0.15) is 0 Å². The van der Waals surface area contributed by atoms with Crippen LogP contribution in [0.2, 0.25) is 0 Å². The lowest BCUT2D eigenvalue weighted by atomic mass is 10.1. The first-order valence-electron chi connectivity index (χ1n) is 6.21. The predicted octanol–water partition coefficient (Wildman–Crippen LogP) is 3.47. The van der Waals surface area contributed by atoms with Crippen molar-refractivity contribution < 1.29 is 0 Å². The molecule has 0 bridgehead atoms. The van der Waals surface area contributed by atoms with Crippen LogP contribution in [0.4, 0.5) is 0 Å². The van der Waals surface area contributed by atoms with Gasteiger partial charge >= 0.3 is 0 Å². The van der Waals surface area contributed by atoms with Crippen molar-refractivity contribution in [1.82, 2.24) is 19.9 Å². The van der Waals surface area contributed by atoms with E-state index in [0.29, 0.717) is 5.88 Å². The molecule has 0 aliphatic heterocycles. The summed E-state index contributed by atoms with van der Waals surface area (Å²) in [4.78, 5) is 18.0. The van der Waals surface area contributed by atoms with Crippen molar-refractivity contribution in [3.63, 3.8) is 0 Å². The van der Waals surface area contributed by atoms with Gasteiger partial charge in [-0.05, 0) is 24.3 Å².